The molecule has 0 spiro atoms. The molecule has 0 bridgehead atoms. The second kappa shape index (κ2) is 16.2. The summed E-state index contributed by atoms with van der Waals surface area (Å²) in [7, 11) is 3.28. The smallest absolute Gasteiger partial charge is 0.134 e. The second-order valence-corrected chi connectivity index (χ2v) is 5.25. The molecule has 0 saturated heterocycles. The molecule has 0 unspecified atom stereocenters. The quantitative estimate of drug-likeness (QED) is 0.551. The first-order valence-electron chi connectivity index (χ1n) is 7.05. The molecule has 0 fully saturated rings. The number of halogens is 3. The van der Waals surface area contributed by atoms with Crippen LogP contribution in [0.2, 0.25) is 15.5 Å². The second-order valence-electron chi connectivity index (χ2n) is 4.09. The van der Waals surface area contributed by atoms with Crippen molar-refractivity contribution in [2.75, 3.05) is 45.8 Å². The van der Waals surface area contributed by atoms with E-state index in [1.165, 1.54) is 18.7 Å². The molecule has 11 heteroatoms. The Bertz CT molecular complexity index is 561. The van der Waals surface area contributed by atoms with Crippen molar-refractivity contribution in [2.24, 2.45) is 5.73 Å². The Morgan fingerprint density at radius 2 is 1.40 bits per heavy atom. The van der Waals surface area contributed by atoms with Crippen molar-refractivity contribution in [3.05, 3.63) is 40.2 Å². The highest BCUT2D eigenvalue weighted by molar-refractivity contribution is 6.33. The van der Waals surface area contributed by atoms with E-state index in [4.69, 9.17) is 45.3 Å². The van der Waals surface area contributed by atoms with Gasteiger partial charge in [-0.05, 0) is 0 Å². The predicted molar refractivity (Wildman–Crippen MR) is 100 cm³/mol. The molecular weight excluding hydrogens is 391 g/mol. The van der Waals surface area contributed by atoms with Crippen LogP contribution in [0.25, 0.3) is 0 Å². The maximum Gasteiger partial charge on any atom is 0.134 e. The lowest BCUT2D eigenvalue weighted by Crippen LogP contribution is -2.08. The highest BCUT2D eigenvalue weighted by Gasteiger charge is 1.93. The van der Waals surface area contributed by atoms with Crippen LogP contribution < -0.4 is 11.1 Å². The number of rotatable bonds is 6. The van der Waals surface area contributed by atoms with Gasteiger partial charge in [0.05, 0.1) is 13.2 Å². The summed E-state index contributed by atoms with van der Waals surface area (Å²) in [6.07, 6.45) is 2.72. The maximum atomic E-state index is 5.64. The molecule has 0 aromatic carbocycles. The van der Waals surface area contributed by atoms with E-state index in [0.29, 0.717) is 47.6 Å². The topological polar surface area (TPSA) is 108 Å². The third-order valence-electron chi connectivity index (χ3n) is 2.17. The lowest BCUT2D eigenvalue weighted by atomic mass is 10.5. The third-order valence-corrected chi connectivity index (χ3v) is 2.79. The zero-order chi connectivity index (χ0) is 18.9. The van der Waals surface area contributed by atoms with E-state index < -0.39 is 0 Å². The number of methoxy groups -OCH3 is 2. The SMILES string of the molecule is COCCN.COCCNc1cc(Cl)ncn1.Clc1cc(Cl)ncn1. The van der Waals surface area contributed by atoms with Crippen LogP contribution in [0.3, 0.4) is 0 Å². The van der Waals surface area contributed by atoms with Gasteiger partial charge in [0, 0.05) is 39.4 Å². The number of ether oxygens (including phenoxy) is 2. The van der Waals surface area contributed by atoms with Crippen molar-refractivity contribution >= 4 is 40.6 Å². The first-order chi connectivity index (χ1) is 12.0. The lowest BCUT2D eigenvalue weighted by molar-refractivity contribution is 0.207. The molecule has 0 aliphatic rings. The van der Waals surface area contributed by atoms with Gasteiger partial charge in [-0.25, -0.2) is 19.9 Å². The van der Waals surface area contributed by atoms with Gasteiger partial charge in [-0.1, -0.05) is 34.8 Å². The molecule has 25 heavy (non-hydrogen) atoms. The van der Waals surface area contributed by atoms with Crippen LogP contribution in [0, 0.1) is 0 Å². The fraction of sp³-hybridized carbons (Fsp3) is 0.429. The third kappa shape index (κ3) is 14.7. The van der Waals surface area contributed by atoms with E-state index in [1.807, 2.05) is 0 Å². The summed E-state index contributed by atoms with van der Waals surface area (Å²) < 4.78 is 9.42. The minimum Gasteiger partial charge on any atom is -0.383 e. The van der Waals surface area contributed by atoms with Crippen LogP contribution in [0.15, 0.2) is 24.8 Å². The average molecular weight is 412 g/mol. The van der Waals surface area contributed by atoms with Crippen molar-refractivity contribution in [3.8, 4) is 0 Å². The first kappa shape index (κ1) is 23.7. The van der Waals surface area contributed by atoms with Crippen LogP contribution in [0.5, 0.6) is 0 Å². The van der Waals surface area contributed by atoms with Crippen LogP contribution in [-0.4, -0.2) is 60.5 Å². The van der Waals surface area contributed by atoms with Crippen LogP contribution in [-0.2, 0) is 9.47 Å². The molecule has 3 N–H and O–H groups in total. The molecule has 2 rings (SSSR count). The summed E-state index contributed by atoms with van der Waals surface area (Å²) in [5.41, 5.74) is 5.01. The Kier molecular flexibility index (Phi) is 15.4. The molecule has 2 aromatic heterocycles. The molecule has 8 nitrogen and oxygen atoms in total. The molecule has 0 aliphatic heterocycles. The van der Waals surface area contributed by atoms with Gasteiger partial charge in [0.15, 0.2) is 0 Å². The van der Waals surface area contributed by atoms with Gasteiger partial charge in [0.25, 0.3) is 0 Å². The largest absolute Gasteiger partial charge is 0.383 e. The Morgan fingerprint density at radius 3 is 1.76 bits per heavy atom. The minimum absolute atomic E-state index is 0.366. The van der Waals surface area contributed by atoms with Gasteiger partial charge in [-0.3, -0.25) is 0 Å². The fourth-order valence-electron chi connectivity index (χ4n) is 1.14. The van der Waals surface area contributed by atoms with Gasteiger partial charge >= 0.3 is 0 Å². The molecule has 140 valence electrons. The molecule has 2 aromatic rings. The van der Waals surface area contributed by atoms with Crippen molar-refractivity contribution in [1.82, 2.24) is 19.9 Å². The lowest BCUT2D eigenvalue weighted by Gasteiger charge is -2.03. The Labute approximate surface area is 162 Å². The van der Waals surface area contributed by atoms with Crippen molar-refractivity contribution in [3.63, 3.8) is 0 Å². The van der Waals surface area contributed by atoms with E-state index in [9.17, 15) is 0 Å². The zero-order valence-electron chi connectivity index (χ0n) is 14.0. The van der Waals surface area contributed by atoms with Crippen LogP contribution in [0.1, 0.15) is 0 Å². The molecule has 0 amide bonds. The minimum atomic E-state index is 0.366. The summed E-state index contributed by atoms with van der Waals surface area (Å²) in [4.78, 5) is 14.9. The number of nitrogens with zero attached hydrogens (tertiary/aromatic N) is 4. The summed E-state index contributed by atoms with van der Waals surface area (Å²) in [5.74, 6) is 0.715. The number of nitrogens with one attached hydrogen (secondary N) is 1. The van der Waals surface area contributed by atoms with Gasteiger partial charge in [-0.15, -0.1) is 0 Å². The zero-order valence-corrected chi connectivity index (χ0v) is 16.2. The van der Waals surface area contributed by atoms with E-state index >= 15 is 0 Å². The highest BCUT2D eigenvalue weighted by Crippen LogP contribution is 2.08. The summed E-state index contributed by atoms with van der Waals surface area (Å²) in [6, 6.07) is 3.14. The molecule has 0 saturated carbocycles. The van der Waals surface area contributed by atoms with E-state index in [-0.39, 0.29) is 0 Å². The van der Waals surface area contributed by atoms with Crippen molar-refractivity contribution in [1.29, 1.82) is 0 Å². The van der Waals surface area contributed by atoms with E-state index in [1.54, 1.807) is 20.3 Å². The molecule has 2 heterocycles. The molecular formula is C14H21Cl3N6O2. The van der Waals surface area contributed by atoms with Gasteiger partial charge in [0.1, 0.15) is 33.9 Å². The first-order valence-corrected chi connectivity index (χ1v) is 8.19. The Hall–Kier alpha value is -1.29. The van der Waals surface area contributed by atoms with E-state index in [0.717, 1.165) is 0 Å². The predicted octanol–water partition coefficient (Wildman–Crippen LogP) is 2.56. The average Bonchev–Trinajstić information content (AvgIpc) is 2.57. The molecule has 0 aliphatic carbocycles. The maximum absolute atomic E-state index is 5.64. The number of anilines is 1. The van der Waals surface area contributed by atoms with Gasteiger partial charge in [0.2, 0.25) is 0 Å². The number of aromatic nitrogens is 4. The summed E-state index contributed by atoms with van der Waals surface area (Å²) >= 11 is 16.5. The molecule has 0 radical (unpaired) electrons. The number of nitrogens with two attached hydrogens (primary N) is 1. The van der Waals surface area contributed by atoms with Crippen molar-refractivity contribution in [2.45, 2.75) is 0 Å². The number of hydrogen-bond donors (Lipinski definition) is 2. The van der Waals surface area contributed by atoms with Crippen molar-refractivity contribution < 1.29 is 9.47 Å². The normalized spacial score (nSPS) is 9.36. The van der Waals surface area contributed by atoms with Gasteiger partial charge in [-0.2, -0.15) is 0 Å². The fourth-order valence-corrected chi connectivity index (χ4v) is 1.64. The summed E-state index contributed by atoms with van der Waals surface area (Å²) in [5, 5.41) is 4.19. The summed E-state index contributed by atoms with van der Waals surface area (Å²) in [6.45, 7) is 2.64. The van der Waals surface area contributed by atoms with Crippen LogP contribution >= 0.6 is 34.8 Å². The Balaban J connectivity index is 0.000000382. The monoisotopic (exact) mass is 410 g/mol. The Morgan fingerprint density at radius 1 is 0.880 bits per heavy atom. The molecule has 0 atom stereocenters. The van der Waals surface area contributed by atoms with Crippen LogP contribution in [0.4, 0.5) is 5.82 Å². The van der Waals surface area contributed by atoms with E-state index in [2.05, 4.69) is 30.0 Å². The number of hydrogen-bond acceptors (Lipinski definition) is 8. The standard InChI is InChI=1S/C7H10ClN3O.C4H2Cl2N2.C3H9NO/c1-12-3-2-9-7-4-6(8)10-5-11-7;5-3-1-4(6)8-2-7-3;1-5-3-2-4/h4-5H,2-3H2,1H3,(H,9,10,11);1-2H;2-4H2,1H3. The highest BCUT2D eigenvalue weighted by atomic mass is 35.5. The van der Waals surface area contributed by atoms with Gasteiger partial charge < -0.3 is 20.5 Å².